The Balaban J connectivity index is 2.39. The Morgan fingerprint density at radius 3 is 2.26 bits per heavy atom. The summed E-state index contributed by atoms with van der Waals surface area (Å²) in [7, 11) is 0. The van der Waals surface area contributed by atoms with Crippen LogP contribution >= 0.6 is 0 Å². The van der Waals surface area contributed by atoms with E-state index < -0.39 is 0 Å². The molecule has 0 aliphatic carbocycles. The van der Waals surface area contributed by atoms with Gasteiger partial charge in [0.1, 0.15) is 0 Å². The van der Waals surface area contributed by atoms with Gasteiger partial charge >= 0.3 is 0 Å². The number of nitrogens with one attached hydrogen (secondary N) is 1. The maximum absolute atomic E-state index is 3.58. The number of hydrogen-bond donors (Lipinski definition) is 1. The van der Waals surface area contributed by atoms with Crippen molar-refractivity contribution in [2.45, 2.75) is 33.2 Å². The van der Waals surface area contributed by atoms with E-state index in [0.29, 0.717) is 6.04 Å². The Hall–Kier alpha value is -1.60. The average Bonchev–Trinajstić information content (AvgIpc) is 2.45. The van der Waals surface area contributed by atoms with Gasteiger partial charge in [-0.15, -0.1) is 0 Å². The first kappa shape index (κ1) is 13.8. The molecule has 1 N–H and O–H groups in total. The maximum Gasteiger partial charge on any atom is 0.0297 e. The Morgan fingerprint density at radius 1 is 0.947 bits per heavy atom. The van der Waals surface area contributed by atoms with Crippen molar-refractivity contribution in [2.24, 2.45) is 0 Å². The summed E-state index contributed by atoms with van der Waals surface area (Å²) in [5, 5.41) is 3.58. The lowest BCUT2D eigenvalue weighted by molar-refractivity contribution is 0.571. The highest BCUT2D eigenvalue weighted by Gasteiger charge is 2.11. The Morgan fingerprint density at radius 2 is 1.58 bits per heavy atom. The second-order valence-electron chi connectivity index (χ2n) is 5.08. The van der Waals surface area contributed by atoms with Crippen molar-refractivity contribution in [2.75, 3.05) is 6.54 Å². The normalized spacial score (nSPS) is 12.4. The van der Waals surface area contributed by atoms with E-state index in [1.165, 1.54) is 22.3 Å². The summed E-state index contributed by atoms with van der Waals surface area (Å²) in [6, 6.07) is 17.7. The number of rotatable bonds is 5. The largest absolute Gasteiger partial charge is 0.310 e. The van der Waals surface area contributed by atoms with Crippen molar-refractivity contribution in [3.05, 3.63) is 59.7 Å². The molecule has 0 saturated heterocycles. The molecule has 0 spiro atoms. The lowest BCUT2D eigenvalue weighted by Crippen LogP contribution is -2.19. The molecule has 0 aliphatic heterocycles. The van der Waals surface area contributed by atoms with E-state index in [2.05, 4.69) is 74.6 Å². The van der Waals surface area contributed by atoms with Crippen molar-refractivity contribution in [3.8, 4) is 11.1 Å². The first-order chi connectivity index (χ1) is 9.24. The standard InChI is InChI=1S/C18H23N/c1-4-13-19-15(3)17-11-7-8-12-18(17)16-10-6-5-9-14(16)2/h5-12,15,19H,4,13H2,1-3H3. The molecule has 0 fully saturated rings. The van der Waals surface area contributed by atoms with Crippen LogP contribution in [0.3, 0.4) is 0 Å². The summed E-state index contributed by atoms with van der Waals surface area (Å²) < 4.78 is 0. The van der Waals surface area contributed by atoms with Gasteiger partial charge in [0.2, 0.25) is 0 Å². The number of benzene rings is 2. The third-order valence-corrected chi connectivity index (χ3v) is 3.56. The van der Waals surface area contributed by atoms with E-state index in [1.807, 2.05) is 0 Å². The monoisotopic (exact) mass is 253 g/mol. The molecule has 0 amide bonds. The van der Waals surface area contributed by atoms with Crippen LogP contribution in [-0.4, -0.2) is 6.54 Å². The molecule has 19 heavy (non-hydrogen) atoms. The summed E-state index contributed by atoms with van der Waals surface area (Å²) in [5.74, 6) is 0. The molecular formula is C18H23N. The molecule has 2 rings (SSSR count). The van der Waals surface area contributed by atoms with Gasteiger partial charge in [-0.3, -0.25) is 0 Å². The maximum atomic E-state index is 3.58. The van der Waals surface area contributed by atoms with Gasteiger partial charge in [-0.2, -0.15) is 0 Å². The molecule has 1 unspecified atom stereocenters. The number of hydrogen-bond acceptors (Lipinski definition) is 1. The van der Waals surface area contributed by atoms with E-state index in [0.717, 1.165) is 13.0 Å². The fraction of sp³-hybridized carbons (Fsp3) is 0.333. The minimum absolute atomic E-state index is 0.385. The highest BCUT2D eigenvalue weighted by Crippen LogP contribution is 2.30. The Kier molecular flexibility index (Phi) is 4.75. The van der Waals surface area contributed by atoms with Crippen LogP contribution in [-0.2, 0) is 0 Å². The van der Waals surface area contributed by atoms with Gasteiger partial charge in [0.15, 0.2) is 0 Å². The molecule has 0 saturated carbocycles. The van der Waals surface area contributed by atoms with Crippen LogP contribution in [0.1, 0.15) is 37.4 Å². The molecule has 2 aromatic rings. The fourth-order valence-electron chi connectivity index (χ4n) is 2.47. The molecule has 1 nitrogen and oxygen atoms in total. The lowest BCUT2D eigenvalue weighted by Gasteiger charge is -2.19. The SMILES string of the molecule is CCCNC(C)c1ccccc1-c1ccccc1C. The zero-order chi connectivity index (χ0) is 13.7. The predicted octanol–water partition coefficient (Wildman–Crippen LogP) is 4.72. The second-order valence-corrected chi connectivity index (χ2v) is 5.08. The Bertz CT molecular complexity index is 531. The molecule has 100 valence electrons. The molecule has 1 atom stereocenters. The quantitative estimate of drug-likeness (QED) is 0.812. The zero-order valence-corrected chi connectivity index (χ0v) is 12.1. The van der Waals surface area contributed by atoms with Gasteiger partial charge < -0.3 is 5.32 Å². The van der Waals surface area contributed by atoms with Crippen molar-refractivity contribution in [3.63, 3.8) is 0 Å². The van der Waals surface area contributed by atoms with Crippen LogP contribution < -0.4 is 5.32 Å². The second kappa shape index (κ2) is 6.53. The molecule has 2 aromatic carbocycles. The van der Waals surface area contributed by atoms with Gasteiger partial charge in [-0.1, -0.05) is 55.5 Å². The summed E-state index contributed by atoms with van der Waals surface area (Å²) >= 11 is 0. The van der Waals surface area contributed by atoms with Crippen molar-refractivity contribution < 1.29 is 0 Å². The van der Waals surface area contributed by atoms with Gasteiger partial charge in [0.25, 0.3) is 0 Å². The molecule has 0 heterocycles. The predicted molar refractivity (Wildman–Crippen MR) is 83.3 cm³/mol. The van der Waals surface area contributed by atoms with Gasteiger partial charge in [-0.25, -0.2) is 0 Å². The first-order valence-corrected chi connectivity index (χ1v) is 7.12. The minimum Gasteiger partial charge on any atom is -0.310 e. The first-order valence-electron chi connectivity index (χ1n) is 7.12. The smallest absolute Gasteiger partial charge is 0.0297 e. The molecule has 0 bridgehead atoms. The lowest BCUT2D eigenvalue weighted by atomic mass is 9.93. The molecule has 0 aliphatic rings. The summed E-state index contributed by atoms with van der Waals surface area (Å²) in [6.45, 7) is 7.68. The van der Waals surface area contributed by atoms with Crippen LogP contribution in [0.25, 0.3) is 11.1 Å². The van der Waals surface area contributed by atoms with Gasteiger partial charge in [0.05, 0.1) is 0 Å². The van der Waals surface area contributed by atoms with Crippen LogP contribution in [0.2, 0.25) is 0 Å². The van der Waals surface area contributed by atoms with Crippen LogP contribution in [0, 0.1) is 6.92 Å². The van der Waals surface area contributed by atoms with E-state index in [9.17, 15) is 0 Å². The van der Waals surface area contributed by atoms with Crippen molar-refractivity contribution in [1.29, 1.82) is 0 Å². The zero-order valence-electron chi connectivity index (χ0n) is 12.1. The van der Waals surface area contributed by atoms with Gasteiger partial charge in [-0.05, 0) is 49.1 Å². The third-order valence-electron chi connectivity index (χ3n) is 3.56. The molecule has 0 aromatic heterocycles. The number of aryl methyl sites for hydroxylation is 1. The van der Waals surface area contributed by atoms with E-state index in [4.69, 9.17) is 0 Å². The third kappa shape index (κ3) is 3.24. The van der Waals surface area contributed by atoms with E-state index in [1.54, 1.807) is 0 Å². The summed E-state index contributed by atoms with van der Waals surface area (Å²) in [6.07, 6.45) is 1.16. The van der Waals surface area contributed by atoms with Gasteiger partial charge in [0, 0.05) is 6.04 Å². The van der Waals surface area contributed by atoms with E-state index >= 15 is 0 Å². The van der Waals surface area contributed by atoms with Crippen LogP contribution in [0.4, 0.5) is 0 Å². The van der Waals surface area contributed by atoms with Crippen LogP contribution in [0.15, 0.2) is 48.5 Å². The Labute approximate surface area is 116 Å². The van der Waals surface area contributed by atoms with E-state index in [-0.39, 0.29) is 0 Å². The highest BCUT2D eigenvalue weighted by atomic mass is 14.9. The highest BCUT2D eigenvalue weighted by molar-refractivity contribution is 5.71. The summed E-state index contributed by atoms with van der Waals surface area (Å²) in [4.78, 5) is 0. The minimum atomic E-state index is 0.385. The topological polar surface area (TPSA) is 12.0 Å². The van der Waals surface area contributed by atoms with Crippen LogP contribution in [0.5, 0.6) is 0 Å². The molecular weight excluding hydrogens is 230 g/mol. The summed E-state index contributed by atoms with van der Waals surface area (Å²) in [5.41, 5.74) is 5.39. The molecule has 0 radical (unpaired) electrons. The average molecular weight is 253 g/mol. The van der Waals surface area contributed by atoms with Crippen molar-refractivity contribution in [1.82, 2.24) is 5.32 Å². The van der Waals surface area contributed by atoms with Crippen molar-refractivity contribution >= 4 is 0 Å². The fourth-order valence-corrected chi connectivity index (χ4v) is 2.47. The molecule has 1 heteroatoms.